The molecule has 0 aromatic carbocycles. The van der Waals surface area contributed by atoms with Crippen LogP contribution in [0.15, 0.2) is 9.52 Å². The number of guanidine groups is 1. The molecule has 2 aliphatic rings. The Kier molecular flexibility index (Phi) is 9.38. The van der Waals surface area contributed by atoms with E-state index in [1.54, 1.807) is 6.92 Å². The first kappa shape index (κ1) is 25.7. The highest BCUT2D eigenvalue weighted by Gasteiger charge is 2.35. The fourth-order valence-corrected chi connectivity index (χ4v) is 3.63. The van der Waals surface area contributed by atoms with Crippen LogP contribution < -0.4 is 5.32 Å². The molecule has 10 heteroatoms. The van der Waals surface area contributed by atoms with Crippen LogP contribution in [-0.4, -0.2) is 69.8 Å². The van der Waals surface area contributed by atoms with Crippen LogP contribution in [0, 0.1) is 12.8 Å². The van der Waals surface area contributed by atoms with Crippen LogP contribution in [0.1, 0.15) is 65.1 Å². The number of aryl methyl sites for hydroxylation is 1. The third kappa shape index (κ3) is 8.12. The van der Waals surface area contributed by atoms with Gasteiger partial charge >= 0.3 is 6.09 Å². The minimum Gasteiger partial charge on any atom is -0.444 e. The van der Waals surface area contributed by atoms with Gasteiger partial charge in [0.05, 0.1) is 0 Å². The van der Waals surface area contributed by atoms with Crippen LogP contribution in [0.3, 0.4) is 0 Å². The second-order valence-electron chi connectivity index (χ2n) is 9.20. The van der Waals surface area contributed by atoms with Crippen molar-refractivity contribution >= 4 is 36.0 Å². The molecule has 1 aromatic heterocycles. The molecule has 176 valence electrons. The third-order valence-corrected chi connectivity index (χ3v) is 5.25. The number of nitrogens with zero attached hydrogens (tertiary/aromatic N) is 5. The maximum Gasteiger partial charge on any atom is 0.410 e. The average molecular weight is 548 g/mol. The minimum atomic E-state index is -0.475. The number of halogens is 1. The number of nitrogens with one attached hydrogen (secondary N) is 1. The molecule has 0 spiro atoms. The highest BCUT2D eigenvalue weighted by Crippen LogP contribution is 2.32. The predicted octanol–water partition coefficient (Wildman–Crippen LogP) is 3.57. The van der Waals surface area contributed by atoms with Crippen molar-refractivity contribution in [2.24, 2.45) is 10.9 Å². The van der Waals surface area contributed by atoms with Gasteiger partial charge in [-0.1, -0.05) is 5.16 Å². The normalized spacial score (nSPS) is 17.8. The molecule has 0 radical (unpaired) electrons. The summed E-state index contributed by atoms with van der Waals surface area (Å²) >= 11 is 0. The number of hydrogen-bond acceptors (Lipinski definition) is 6. The van der Waals surface area contributed by atoms with Gasteiger partial charge in [-0.15, -0.1) is 24.0 Å². The van der Waals surface area contributed by atoms with Gasteiger partial charge in [-0.2, -0.15) is 4.98 Å². The number of ether oxygens (including phenoxy) is 1. The van der Waals surface area contributed by atoms with Gasteiger partial charge < -0.3 is 24.4 Å². The minimum absolute atomic E-state index is 0. The first-order valence-corrected chi connectivity index (χ1v) is 11.1. The molecule has 2 fully saturated rings. The zero-order chi connectivity index (χ0) is 21.7. The van der Waals surface area contributed by atoms with Crippen LogP contribution in [-0.2, 0) is 11.3 Å². The molecular weight excluding hydrogens is 511 g/mol. The summed E-state index contributed by atoms with van der Waals surface area (Å²) in [5, 5.41) is 7.16. The summed E-state index contributed by atoms with van der Waals surface area (Å²) in [4.78, 5) is 25.9. The Balaban J connectivity index is 0.00000341. The van der Waals surface area contributed by atoms with Crippen molar-refractivity contribution in [3.8, 4) is 0 Å². The standard InChI is InChI=1S/C21H36N6O3.HI/c1-6-22-19(23-13-18-24-15(2)25-30-18)26-11-9-17(10-12-26)27(14-16-7-8-16)20(28)29-21(3,4)5;/h16-17H,6-14H2,1-5H3,(H,22,23);1H. The molecule has 1 saturated heterocycles. The topological polar surface area (TPSA) is 96.1 Å². The van der Waals surface area contributed by atoms with Crippen LogP contribution in [0.2, 0.25) is 0 Å². The molecule has 3 rings (SSSR count). The monoisotopic (exact) mass is 548 g/mol. The Labute approximate surface area is 202 Å². The van der Waals surface area contributed by atoms with Crippen LogP contribution in [0.5, 0.6) is 0 Å². The van der Waals surface area contributed by atoms with Crippen molar-refractivity contribution in [1.29, 1.82) is 0 Å². The summed E-state index contributed by atoms with van der Waals surface area (Å²) in [5.74, 6) is 2.60. The second-order valence-corrected chi connectivity index (χ2v) is 9.20. The molecule has 31 heavy (non-hydrogen) atoms. The van der Waals surface area contributed by atoms with E-state index in [2.05, 4.69) is 32.3 Å². The summed E-state index contributed by atoms with van der Waals surface area (Å²) < 4.78 is 10.9. The van der Waals surface area contributed by atoms with E-state index in [-0.39, 0.29) is 36.1 Å². The second kappa shape index (κ2) is 11.3. The first-order valence-electron chi connectivity index (χ1n) is 11.1. The number of piperidine rings is 1. The van der Waals surface area contributed by atoms with E-state index in [0.29, 0.717) is 24.2 Å². The van der Waals surface area contributed by atoms with Crippen molar-refractivity contribution in [3.63, 3.8) is 0 Å². The maximum atomic E-state index is 12.8. The Hall–Kier alpha value is -1.59. The van der Waals surface area contributed by atoms with Gasteiger partial charge in [0.1, 0.15) is 12.1 Å². The molecule has 1 amide bonds. The van der Waals surface area contributed by atoms with Crippen molar-refractivity contribution in [1.82, 2.24) is 25.3 Å². The number of amides is 1. The quantitative estimate of drug-likeness (QED) is 0.330. The Morgan fingerprint density at radius 3 is 2.48 bits per heavy atom. The SMILES string of the molecule is CCNC(=NCc1nc(C)no1)N1CCC(N(CC2CC2)C(=O)OC(C)(C)C)CC1.I. The number of carbonyl (C=O) groups excluding carboxylic acids is 1. The molecular formula is C21H37IN6O3. The van der Waals surface area contributed by atoms with Gasteiger partial charge in [0, 0.05) is 32.2 Å². The van der Waals surface area contributed by atoms with Gasteiger partial charge in [0.25, 0.3) is 0 Å². The number of likely N-dealkylation sites (tertiary alicyclic amines) is 1. The number of aliphatic imine (C=N–C) groups is 1. The summed E-state index contributed by atoms with van der Waals surface area (Å²) in [6.45, 7) is 13.2. The van der Waals surface area contributed by atoms with E-state index < -0.39 is 5.60 Å². The Bertz CT molecular complexity index is 736. The lowest BCUT2D eigenvalue weighted by molar-refractivity contribution is 0.00928. The molecule has 9 nitrogen and oxygen atoms in total. The summed E-state index contributed by atoms with van der Waals surface area (Å²) in [7, 11) is 0. The zero-order valence-corrected chi connectivity index (χ0v) is 21.7. The smallest absolute Gasteiger partial charge is 0.410 e. The van der Waals surface area contributed by atoms with Gasteiger partial charge in [0.2, 0.25) is 5.89 Å². The molecule has 1 aliphatic heterocycles. The van der Waals surface area contributed by atoms with Crippen LogP contribution in [0.25, 0.3) is 0 Å². The Morgan fingerprint density at radius 2 is 1.97 bits per heavy atom. The molecule has 1 aliphatic carbocycles. The van der Waals surface area contributed by atoms with E-state index in [1.807, 2.05) is 25.7 Å². The highest BCUT2D eigenvalue weighted by atomic mass is 127. The van der Waals surface area contributed by atoms with E-state index in [4.69, 9.17) is 9.26 Å². The zero-order valence-electron chi connectivity index (χ0n) is 19.4. The van der Waals surface area contributed by atoms with E-state index in [1.165, 1.54) is 12.8 Å². The number of hydrogen-bond donors (Lipinski definition) is 1. The predicted molar refractivity (Wildman–Crippen MR) is 130 cm³/mol. The van der Waals surface area contributed by atoms with Gasteiger partial charge in [-0.3, -0.25) is 0 Å². The van der Waals surface area contributed by atoms with Crippen molar-refractivity contribution in [2.75, 3.05) is 26.2 Å². The summed E-state index contributed by atoms with van der Waals surface area (Å²) in [6.07, 6.45) is 4.04. The van der Waals surface area contributed by atoms with Crippen molar-refractivity contribution in [2.45, 2.75) is 78.5 Å². The van der Waals surface area contributed by atoms with Crippen LogP contribution >= 0.6 is 24.0 Å². The van der Waals surface area contributed by atoms with E-state index >= 15 is 0 Å². The number of rotatable bonds is 6. The van der Waals surface area contributed by atoms with E-state index in [0.717, 1.165) is 45.0 Å². The lowest BCUT2D eigenvalue weighted by Crippen LogP contribution is -2.52. The highest BCUT2D eigenvalue weighted by molar-refractivity contribution is 14.0. The third-order valence-electron chi connectivity index (χ3n) is 5.25. The largest absolute Gasteiger partial charge is 0.444 e. The Morgan fingerprint density at radius 1 is 1.29 bits per heavy atom. The van der Waals surface area contributed by atoms with Gasteiger partial charge in [0.15, 0.2) is 11.8 Å². The van der Waals surface area contributed by atoms with Gasteiger partial charge in [-0.25, -0.2) is 9.79 Å². The van der Waals surface area contributed by atoms with Crippen molar-refractivity contribution in [3.05, 3.63) is 11.7 Å². The average Bonchev–Trinajstić information content (AvgIpc) is 3.41. The van der Waals surface area contributed by atoms with E-state index in [9.17, 15) is 4.79 Å². The van der Waals surface area contributed by atoms with Gasteiger partial charge in [-0.05, 0) is 66.2 Å². The fourth-order valence-electron chi connectivity index (χ4n) is 3.63. The molecule has 2 heterocycles. The lowest BCUT2D eigenvalue weighted by Gasteiger charge is -2.40. The molecule has 0 unspecified atom stereocenters. The van der Waals surface area contributed by atoms with Crippen LogP contribution in [0.4, 0.5) is 4.79 Å². The fraction of sp³-hybridized carbons (Fsp3) is 0.810. The molecule has 0 atom stereocenters. The maximum absolute atomic E-state index is 12.8. The first-order chi connectivity index (χ1) is 14.2. The molecule has 0 bridgehead atoms. The summed E-state index contributed by atoms with van der Waals surface area (Å²) in [6, 6.07) is 0.207. The summed E-state index contributed by atoms with van der Waals surface area (Å²) in [5.41, 5.74) is -0.475. The van der Waals surface area contributed by atoms with Crippen molar-refractivity contribution < 1.29 is 14.1 Å². The number of aromatic nitrogens is 2. The molecule has 1 aromatic rings. The molecule has 1 N–H and O–H groups in total. The number of carbonyl (C=O) groups is 1. The lowest BCUT2D eigenvalue weighted by atomic mass is 10.0. The molecule has 1 saturated carbocycles.